The average molecular weight is 455 g/mol. The molecule has 2 fully saturated rings. The van der Waals surface area contributed by atoms with Gasteiger partial charge >= 0.3 is 0 Å². The quantitative estimate of drug-likeness (QED) is 0.636. The minimum atomic E-state index is -3.60. The Hall–Kier alpha value is -2.98. The van der Waals surface area contributed by atoms with Gasteiger partial charge in [0.15, 0.2) is 11.6 Å². The van der Waals surface area contributed by atoms with Crippen LogP contribution in [-0.4, -0.2) is 59.3 Å². The van der Waals surface area contributed by atoms with Gasteiger partial charge in [-0.15, -0.1) is 0 Å². The maximum Gasteiger partial charge on any atom is 0.273 e. The first kappa shape index (κ1) is 20.9. The van der Waals surface area contributed by atoms with Crippen molar-refractivity contribution in [2.24, 2.45) is 7.05 Å². The molecule has 0 unspecified atom stereocenters. The van der Waals surface area contributed by atoms with Gasteiger partial charge in [0, 0.05) is 39.4 Å². The molecule has 2 aliphatic rings. The molecule has 2 aliphatic heterocycles. The van der Waals surface area contributed by atoms with E-state index < -0.39 is 15.9 Å². The minimum absolute atomic E-state index is 0.136. The number of hydrogen-bond donors (Lipinski definition) is 1. The van der Waals surface area contributed by atoms with Gasteiger partial charge in [0.25, 0.3) is 5.91 Å². The van der Waals surface area contributed by atoms with Gasteiger partial charge in [-0.05, 0) is 43.9 Å². The predicted octanol–water partition coefficient (Wildman–Crippen LogP) is 2.61. The van der Waals surface area contributed by atoms with Gasteiger partial charge in [-0.3, -0.25) is 4.79 Å². The summed E-state index contributed by atoms with van der Waals surface area (Å²) in [5.41, 5.74) is 1.71. The van der Waals surface area contributed by atoms with Crippen LogP contribution in [0.3, 0.4) is 0 Å². The van der Waals surface area contributed by atoms with Crippen LogP contribution in [0.5, 0.6) is 0 Å². The van der Waals surface area contributed by atoms with Crippen molar-refractivity contribution in [3.63, 3.8) is 0 Å². The molecule has 9 nitrogen and oxygen atoms in total. The average Bonchev–Trinajstić information content (AvgIpc) is 3.54. The third-order valence-electron chi connectivity index (χ3n) is 6.10. The highest BCUT2D eigenvalue weighted by atomic mass is 32.2. The number of benzene rings is 1. The summed E-state index contributed by atoms with van der Waals surface area (Å²) in [6.45, 7) is 2.76. The van der Waals surface area contributed by atoms with Gasteiger partial charge < -0.3 is 14.8 Å². The second kappa shape index (κ2) is 8.18. The van der Waals surface area contributed by atoms with Crippen LogP contribution >= 0.6 is 0 Å². The van der Waals surface area contributed by atoms with Crippen molar-refractivity contribution in [2.75, 3.05) is 36.4 Å². The third-order valence-corrected chi connectivity index (χ3v) is 7.97. The number of nitrogens with zero attached hydrogens (tertiary/aromatic N) is 5. The van der Waals surface area contributed by atoms with Crippen LogP contribution < -0.4 is 10.2 Å². The topological polar surface area (TPSA) is 100 Å². The Bertz CT molecular complexity index is 1270. The summed E-state index contributed by atoms with van der Waals surface area (Å²) in [4.78, 5) is 24.9. The van der Waals surface area contributed by atoms with Gasteiger partial charge in [0.1, 0.15) is 10.6 Å². The van der Waals surface area contributed by atoms with Gasteiger partial charge in [-0.2, -0.15) is 4.31 Å². The predicted molar refractivity (Wildman–Crippen MR) is 122 cm³/mol. The first-order valence-electron chi connectivity index (χ1n) is 10.9. The maximum atomic E-state index is 13.2. The summed E-state index contributed by atoms with van der Waals surface area (Å²) in [5.74, 6) is 0.620. The maximum absolute atomic E-state index is 13.2. The molecule has 2 saturated heterocycles. The molecule has 0 bridgehead atoms. The SMILES string of the molecule is Cn1cc(S(=O)(=O)N2CCCC2)cc1C(=O)Nc1nc2ccccc2nc1N1CCCC1. The van der Waals surface area contributed by atoms with Crippen molar-refractivity contribution in [3.05, 3.63) is 42.2 Å². The number of aromatic nitrogens is 3. The summed E-state index contributed by atoms with van der Waals surface area (Å²) < 4.78 is 28.8. The number of aryl methyl sites for hydroxylation is 1. The van der Waals surface area contributed by atoms with Crippen molar-refractivity contribution >= 4 is 38.6 Å². The number of sulfonamides is 1. The number of nitrogens with one attached hydrogen (secondary N) is 1. The Balaban J connectivity index is 1.47. The standard InChI is InChI=1S/C22H26N6O3S/c1-26-15-16(32(30,31)28-12-6-7-13-28)14-19(26)22(29)25-20-21(27-10-4-5-11-27)24-18-9-3-2-8-17(18)23-20/h2-3,8-9,14-15H,4-7,10-13H2,1H3,(H,23,25,29). The van der Waals surface area contributed by atoms with E-state index in [1.807, 2.05) is 24.3 Å². The van der Waals surface area contributed by atoms with E-state index in [0.29, 0.717) is 30.2 Å². The Morgan fingerprint density at radius 2 is 1.59 bits per heavy atom. The minimum Gasteiger partial charge on any atom is -0.354 e. The molecule has 0 saturated carbocycles. The Kier molecular flexibility index (Phi) is 5.34. The third kappa shape index (κ3) is 3.73. The van der Waals surface area contributed by atoms with Crippen LogP contribution in [0.25, 0.3) is 11.0 Å². The zero-order valence-electron chi connectivity index (χ0n) is 18.0. The molecule has 0 spiro atoms. The van der Waals surface area contributed by atoms with Crippen LogP contribution in [0, 0.1) is 0 Å². The second-order valence-corrected chi connectivity index (χ2v) is 10.3. The smallest absolute Gasteiger partial charge is 0.273 e. The van der Waals surface area contributed by atoms with Crippen molar-refractivity contribution in [3.8, 4) is 0 Å². The van der Waals surface area contributed by atoms with E-state index in [2.05, 4.69) is 15.2 Å². The first-order valence-corrected chi connectivity index (χ1v) is 12.4. The highest BCUT2D eigenvalue weighted by Crippen LogP contribution is 2.29. The molecule has 5 rings (SSSR count). The molecule has 0 radical (unpaired) electrons. The van der Waals surface area contributed by atoms with Crippen molar-refractivity contribution in [2.45, 2.75) is 30.6 Å². The van der Waals surface area contributed by atoms with Crippen LogP contribution in [0.4, 0.5) is 11.6 Å². The van der Waals surface area contributed by atoms with E-state index in [4.69, 9.17) is 4.98 Å². The lowest BCUT2D eigenvalue weighted by atomic mass is 10.3. The van der Waals surface area contributed by atoms with Crippen LogP contribution in [0.1, 0.15) is 36.2 Å². The largest absolute Gasteiger partial charge is 0.354 e. The van der Waals surface area contributed by atoms with E-state index in [9.17, 15) is 13.2 Å². The lowest BCUT2D eigenvalue weighted by Gasteiger charge is -2.20. The molecule has 0 aliphatic carbocycles. The fourth-order valence-electron chi connectivity index (χ4n) is 4.37. The van der Waals surface area contributed by atoms with E-state index in [1.54, 1.807) is 11.6 Å². The number of para-hydroxylation sites is 2. The molecule has 1 aromatic carbocycles. The number of carbonyl (C=O) groups excluding carboxylic acids is 1. The first-order chi connectivity index (χ1) is 15.4. The molecule has 4 heterocycles. The Labute approximate surface area is 187 Å². The number of anilines is 2. The summed E-state index contributed by atoms with van der Waals surface area (Å²) in [5, 5.41) is 2.89. The highest BCUT2D eigenvalue weighted by molar-refractivity contribution is 7.89. The molecular weight excluding hydrogens is 428 g/mol. The second-order valence-electron chi connectivity index (χ2n) is 8.32. The number of rotatable bonds is 5. The van der Waals surface area contributed by atoms with Gasteiger partial charge in [0.2, 0.25) is 10.0 Å². The molecule has 1 N–H and O–H groups in total. The molecule has 2 aromatic heterocycles. The summed E-state index contributed by atoms with van der Waals surface area (Å²) in [7, 11) is -1.93. The number of amides is 1. The van der Waals surface area contributed by atoms with Gasteiger partial charge in [0.05, 0.1) is 11.0 Å². The van der Waals surface area contributed by atoms with E-state index in [1.165, 1.54) is 16.6 Å². The normalized spacial score (nSPS) is 17.3. The molecule has 10 heteroatoms. The van der Waals surface area contributed by atoms with E-state index >= 15 is 0 Å². The summed E-state index contributed by atoms with van der Waals surface area (Å²) in [6, 6.07) is 8.99. The lowest BCUT2D eigenvalue weighted by molar-refractivity contribution is 0.101. The Morgan fingerprint density at radius 1 is 0.969 bits per heavy atom. The van der Waals surface area contributed by atoms with Crippen LogP contribution in [-0.2, 0) is 17.1 Å². The van der Waals surface area contributed by atoms with Crippen LogP contribution in [0.2, 0.25) is 0 Å². The number of hydrogen-bond acceptors (Lipinski definition) is 6. The molecule has 0 atom stereocenters. The monoisotopic (exact) mass is 454 g/mol. The zero-order valence-corrected chi connectivity index (χ0v) is 18.8. The van der Waals surface area contributed by atoms with E-state index in [0.717, 1.165) is 44.3 Å². The van der Waals surface area contributed by atoms with E-state index in [-0.39, 0.29) is 10.6 Å². The van der Waals surface area contributed by atoms with Crippen molar-refractivity contribution in [1.82, 2.24) is 18.8 Å². The number of fused-ring (bicyclic) bond motifs is 1. The summed E-state index contributed by atoms with van der Waals surface area (Å²) in [6.07, 6.45) is 5.35. The van der Waals surface area contributed by atoms with Crippen molar-refractivity contribution in [1.29, 1.82) is 0 Å². The van der Waals surface area contributed by atoms with Gasteiger partial charge in [-0.25, -0.2) is 18.4 Å². The van der Waals surface area contributed by atoms with Crippen molar-refractivity contribution < 1.29 is 13.2 Å². The lowest BCUT2D eigenvalue weighted by Crippen LogP contribution is -2.27. The fourth-order valence-corrected chi connectivity index (χ4v) is 5.96. The Morgan fingerprint density at radius 3 is 2.28 bits per heavy atom. The summed E-state index contributed by atoms with van der Waals surface area (Å²) >= 11 is 0. The highest BCUT2D eigenvalue weighted by Gasteiger charge is 2.30. The fraction of sp³-hybridized carbons (Fsp3) is 0.409. The zero-order chi connectivity index (χ0) is 22.3. The number of carbonyl (C=O) groups is 1. The molecular formula is C22H26N6O3S. The molecule has 3 aromatic rings. The molecule has 32 heavy (non-hydrogen) atoms. The molecule has 168 valence electrons. The molecule has 1 amide bonds. The van der Waals surface area contributed by atoms with Crippen LogP contribution in [0.15, 0.2) is 41.4 Å². The van der Waals surface area contributed by atoms with Gasteiger partial charge in [-0.1, -0.05) is 12.1 Å².